The molecule has 3 heteroatoms. The summed E-state index contributed by atoms with van der Waals surface area (Å²) in [7, 11) is 0. The van der Waals surface area contributed by atoms with E-state index in [0.29, 0.717) is 6.04 Å². The Hall–Kier alpha value is -0.120. The highest BCUT2D eigenvalue weighted by molar-refractivity contribution is 4.71. The molecule has 0 bridgehead atoms. The first-order valence-corrected chi connectivity index (χ1v) is 5.40. The van der Waals surface area contributed by atoms with Crippen molar-refractivity contribution in [2.75, 3.05) is 39.4 Å². The third-order valence-corrected chi connectivity index (χ3v) is 2.57. The van der Waals surface area contributed by atoms with Crippen molar-refractivity contribution in [3.05, 3.63) is 0 Å². The Bertz CT molecular complexity index is 121. The Kier molecular flexibility index (Phi) is 5.35. The predicted molar refractivity (Wildman–Crippen MR) is 55.0 cm³/mol. The van der Waals surface area contributed by atoms with Crippen molar-refractivity contribution < 1.29 is 4.74 Å². The molecular formula is C10H22N2O. The van der Waals surface area contributed by atoms with Gasteiger partial charge in [0, 0.05) is 25.7 Å². The van der Waals surface area contributed by atoms with Gasteiger partial charge in [-0.2, -0.15) is 0 Å². The fourth-order valence-corrected chi connectivity index (χ4v) is 1.72. The van der Waals surface area contributed by atoms with Gasteiger partial charge < -0.3 is 10.1 Å². The van der Waals surface area contributed by atoms with E-state index in [1.807, 2.05) is 0 Å². The molecule has 0 aromatic rings. The quantitative estimate of drug-likeness (QED) is 0.684. The molecule has 0 aliphatic carbocycles. The molecule has 1 heterocycles. The zero-order valence-electron chi connectivity index (χ0n) is 8.88. The van der Waals surface area contributed by atoms with Crippen LogP contribution in [0.15, 0.2) is 0 Å². The molecule has 1 rings (SSSR count). The van der Waals surface area contributed by atoms with Crippen molar-refractivity contribution in [1.29, 1.82) is 0 Å². The van der Waals surface area contributed by atoms with Crippen LogP contribution in [0, 0.1) is 0 Å². The molecule has 0 amide bonds. The van der Waals surface area contributed by atoms with Gasteiger partial charge in [0.1, 0.15) is 0 Å². The van der Waals surface area contributed by atoms with Crippen molar-refractivity contribution in [1.82, 2.24) is 10.2 Å². The van der Waals surface area contributed by atoms with Crippen molar-refractivity contribution in [3.63, 3.8) is 0 Å². The van der Waals surface area contributed by atoms with Crippen LogP contribution >= 0.6 is 0 Å². The van der Waals surface area contributed by atoms with Crippen LogP contribution in [-0.2, 0) is 4.74 Å². The van der Waals surface area contributed by atoms with Crippen LogP contribution in [0.3, 0.4) is 0 Å². The number of ether oxygens (including phenoxy) is 1. The lowest BCUT2D eigenvalue weighted by Crippen LogP contribution is -2.45. The second kappa shape index (κ2) is 6.35. The topological polar surface area (TPSA) is 24.5 Å². The van der Waals surface area contributed by atoms with Gasteiger partial charge in [-0.25, -0.2) is 0 Å². The maximum Gasteiger partial charge on any atom is 0.0594 e. The summed E-state index contributed by atoms with van der Waals surface area (Å²) >= 11 is 0. The SMILES string of the molecule is CCNC(CC)CN1CCOCC1. The molecular weight excluding hydrogens is 164 g/mol. The summed E-state index contributed by atoms with van der Waals surface area (Å²) in [5.41, 5.74) is 0. The maximum absolute atomic E-state index is 5.31. The first-order valence-electron chi connectivity index (χ1n) is 5.40. The van der Waals surface area contributed by atoms with E-state index in [0.717, 1.165) is 32.8 Å². The fourth-order valence-electron chi connectivity index (χ4n) is 1.72. The minimum Gasteiger partial charge on any atom is -0.379 e. The van der Waals surface area contributed by atoms with Crippen molar-refractivity contribution >= 4 is 0 Å². The van der Waals surface area contributed by atoms with Gasteiger partial charge >= 0.3 is 0 Å². The Morgan fingerprint density at radius 3 is 2.54 bits per heavy atom. The Morgan fingerprint density at radius 2 is 2.00 bits per heavy atom. The average Bonchev–Trinajstić information content (AvgIpc) is 2.19. The van der Waals surface area contributed by atoms with Crippen molar-refractivity contribution in [2.45, 2.75) is 26.3 Å². The van der Waals surface area contributed by atoms with E-state index in [1.54, 1.807) is 0 Å². The molecule has 0 aromatic heterocycles. The number of nitrogens with one attached hydrogen (secondary N) is 1. The highest BCUT2D eigenvalue weighted by Gasteiger charge is 2.14. The largest absolute Gasteiger partial charge is 0.379 e. The average molecular weight is 186 g/mol. The van der Waals surface area contributed by atoms with Crippen molar-refractivity contribution in [3.8, 4) is 0 Å². The summed E-state index contributed by atoms with van der Waals surface area (Å²) < 4.78 is 5.31. The van der Waals surface area contributed by atoms with Crippen LogP contribution < -0.4 is 5.32 Å². The lowest BCUT2D eigenvalue weighted by Gasteiger charge is -2.30. The van der Waals surface area contributed by atoms with Crippen molar-refractivity contribution in [2.24, 2.45) is 0 Å². The fraction of sp³-hybridized carbons (Fsp3) is 1.00. The molecule has 0 radical (unpaired) electrons. The lowest BCUT2D eigenvalue weighted by molar-refractivity contribution is 0.0334. The van der Waals surface area contributed by atoms with E-state index in [9.17, 15) is 0 Å². The molecule has 1 fully saturated rings. The van der Waals surface area contributed by atoms with Gasteiger partial charge in [0.2, 0.25) is 0 Å². The normalized spacial score (nSPS) is 21.7. The molecule has 1 atom stereocenters. The molecule has 3 nitrogen and oxygen atoms in total. The van der Waals surface area contributed by atoms with Crippen LogP contribution in [0.2, 0.25) is 0 Å². The summed E-state index contributed by atoms with van der Waals surface area (Å²) in [5.74, 6) is 0. The van der Waals surface area contributed by atoms with E-state index in [1.165, 1.54) is 13.0 Å². The summed E-state index contributed by atoms with van der Waals surface area (Å²) in [6, 6.07) is 0.656. The molecule has 1 unspecified atom stereocenters. The van der Waals surface area contributed by atoms with Crippen LogP contribution in [0.4, 0.5) is 0 Å². The predicted octanol–water partition coefficient (Wildman–Crippen LogP) is 0.707. The minimum absolute atomic E-state index is 0.656. The third-order valence-electron chi connectivity index (χ3n) is 2.57. The molecule has 0 spiro atoms. The summed E-state index contributed by atoms with van der Waals surface area (Å²) in [6.07, 6.45) is 1.21. The number of rotatable bonds is 5. The number of likely N-dealkylation sites (N-methyl/N-ethyl adjacent to an activating group) is 1. The number of nitrogens with zero attached hydrogens (tertiary/aromatic N) is 1. The molecule has 1 N–H and O–H groups in total. The molecule has 78 valence electrons. The Labute approximate surface area is 81.4 Å². The lowest BCUT2D eigenvalue weighted by atomic mass is 10.2. The molecule has 1 aliphatic heterocycles. The zero-order valence-corrected chi connectivity index (χ0v) is 8.88. The first kappa shape index (κ1) is 11.0. The number of hydrogen-bond donors (Lipinski definition) is 1. The molecule has 13 heavy (non-hydrogen) atoms. The van der Waals surface area contributed by atoms with Gasteiger partial charge in [-0.1, -0.05) is 13.8 Å². The Balaban J connectivity index is 2.18. The molecule has 0 aromatic carbocycles. The minimum atomic E-state index is 0.656. The van der Waals surface area contributed by atoms with E-state index in [4.69, 9.17) is 4.74 Å². The van der Waals surface area contributed by atoms with Gasteiger partial charge in [-0.15, -0.1) is 0 Å². The molecule has 0 saturated carbocycles. The number of morpholine rings is 1. The molecule has 1 aliphatic rings. The zero-order chi connectivity index (χ0) is 9.52. The maximum atomic E-state index is 5.31. The van der Waals surface area contributed by atoms with Crippen LogP contribution in [0.25, 0.3) is 0 Å². The Morgan fingerprint density at radius 1 is 1.31 bits per heavy atom. The van der Waals surface area contributed by atoms with Gasteiger partial charge in [-0.05, 0) is 13.0 Å². The van der Waals surface area contributed by atoms with E-state index in [-0.39, 0.29) is 0 Å². The smallest absolute Gasteiger partial charge is 0.0594 e. The third kappa shape index (κ3) is 4.07. The first-order chi connectivity index (χ1) is 6.36. The number of hydrogen-bond acceptors (Lipinski definition) is 3. The summed E-state index contributed by atoms with van der Waals surface area (Å²) in [6.45, 7) is 10.7. The highest BCUT2D eigenvalue weighted by atomic mass is 16.5. The van der Waals surface area contributed by atoms with Crippen LogP contribution in [0.5, 0.6) is 0 Å². The van der Waals surface area contributed by atoms with Gasteiger partial charge in [0.05, 0.1) is 13.2 Å². The van der Waals surface area contributed by atoms with Gasteiger partial charge in [-0.3, -0.25) is 4.90 Å². The van der Waals surface area contributed by atoms with Crippen LogP contribution in [0.1, 0.15) is 20.3 Å². The van der Waals surface area contributed by atoms with Crippen LogP contribution in [-0.4, -0.2) is 50.3 Å². The van der Waals surface area contributed by atoms with E-state index >= 15 is 0 Å². The monoisotopic (exact) mass is 186 g/mol. The highest BCUT2D eigenvalue weighted by Crippen LogP contribution is 2.00. The second-order valence-corrected chi connectivity index (χ2v) is 3.58. The standard InChI is InChI=1S/C10H22N2O/c1-3-10(11-4-2)9-12-5-7-13-8-6-12/h10-11H,3-9H2,1-2H3. The van der Waals surface area contributed by atoms with Gasteiger partial charge in [0.25, 0.3) is 0 Å². The second-order valence-electron chi connectivity index (χ2n) is 3.58. The van der Waals surface area contributed by atoms with E-state index in [2.05, 4.69) is 24.1 Å². The summed E-state index contributed by atoms with van der Waals surface area (Å²) in [4.78, 5) is 2.49. The molecule has 1 saturated heterocycles. The van der Waals surface area contributed by atoms with E-state index < -0.39 is 0 Å². The van der Waals surface area contributed by atoms with Gasteiger partial charge in [0.15, 0.2) is 0 Å². The summed E-state index contributed by atoms with van der Waals surface area (Å²) in [5, 5.41) is 3.50.